The number of nitrogens with one attached hydrogen (secondary N) is 1. The number of alkyl halides is 3. The maximum absolute atomic E-state index is 14.0. The molecule has 0 aliphatic carbocycles. The molecule has 0 fully saturated rings. The van der Waals surface area contributed by atoms with Crippen molar-refractivity contribution >= 4 is 39.1 Å². The first-order valence-electron chi connectivity index (χ1n) is 13.1. The fourth-order valence-electron chi connectivity index (χ4n) is 4.27. The smallest absolute Gasteiger partial charge is 0.350 e. The lowest BCUT2D eigenvalue weighted by atomic mass is 10.0. The van der Waals surface area contributed by atoms with E-state index < -0.39 is 63.2 Å². The summed E-state index contributed by atoms with van der Waals surface area (Å²) in [6, 6.07) is 14.9. The number of sulfonamides is 1. The van der Waals surface area contributed by atoms with Crippen molar-refractivity contribution < 1.29 is 35.6 Å². The van der Waals surface area contributed by atoms with Crippen molar-refractivity contribution in [1.29, 1.82) is 0 Å². The Morgan fingerprint density at radius 1 is 0.930 bits per heavy atom. The fraction of sp³-hybridized carbons (Fsp3) is 0.333. The Bertz CT molecular complexity index is 1540. The molecule has 1 atom stereocenters. The molecule has 7 nitrogen and oxygen atoms in total. The van der Waals surface area contributed by atoms with Crippen LogP contribution in [0.1, 0.15) is 37.5 Å². The first-order valence-corrected chi connectivity index (χ1v) is 15.3. The van der Waals surface area contributed by atoms with Gasteiger partial charge in [-0.2, -0.15) is 13.2 Å². The molecule has 0 bridgehead atoms. The SMILES string of the molecule is CC(C)(C)NC(=O)[C@@H](Cc1ccccc1)N(Cc1ccc(F)cc1)C(=O)CN(c1cc(C(F)(F)F)ccc1Cl)S(C)(=O)=O. The third kappa shape index (κ3) is 9.69. The molecular formula is C30H32ClF4N3O4S. The summed E-state index contributed by atoms with van der Waals surface area (Å²) >= 11 is 6.15. The molecule has 0 heterocycles. The van der Waals surface area contributed by atoms with Crippen molar-refractivity contribution in [3.8, 4) is 0 Å². The largest absolute Gasteiger partial charge is 0.416 e. The standard InChI is InChI=1S/C30H32ClF4N3O4S/c1-29(2,3)36-28(40)26(16-20-8-6-5-7-9-20)37(18-21-10-13-23(32)14-11-21)27(39)19-38(43(4,41)42)25-17-22(30(33,34)35)12-15-24(25)31/h5-15,17,26H,16,18-19H2,1-4H3,(H,36,40)/t26-/m1/s1. The summed E-state index contributed by atoms with van der Waals surface area (Å²) < 4.78 is 80.4. The summed E-state index contributed by atoms with van der Waals surface area (Å²) in [5.41, 5.74) is -1.30. The van der Waals surface area contributed by atoms with Gasteiger partial charge in [0.1, 0.15) is 18.4 Å². The van der Waals surface area contributed by atoms with Gasteiger partial charge in [-0.15, -0.1) is 0 Å². The van der Waals surface area contributed by atoms with Crippen LogP contribution in [0.25, 0.3) is 0 Å². The van der Waals surface area contributed by atoms with Crippen LogP contribution in [0, 0.1) is 5.82 Å². The molecule has 0 aliphatic heterocycles. The number of benzene rings is 3. The predicted octanol–water partition coefficient (Wildman–Crippen LogP) is 5.82. The van der Waals surface area contributed by atoms with Gasteiger partial charge in [0, 0.05) is 18.5 Å². The molecule has 0 saturated heterocycles. The van der Waals surface area contributed by atoms with Crippen LogP contribution in [0.2, 0.25) is 5.02 Å². The third-order valence-corrected chi connectivity index (χ3v) is 7.70. The Morgan fingerprint density at radius 3 is 2.07 bits per heavy atom. The first kappa shape index (κ1) is 33.9. The van der Waals surface area contributed by atoms with E-state index >= 15 is 0 Å². The van der Waals surface area contributed by atoms with Crippen molar-refractivity contribution in [2.45, 2.75) is 51.5 Å². The van der Waals surface area contributed by atoms with Crippen LogP contribution in [0.5, 0.6) is 0 Å². The Kier molecular flexibility index (Phi) is 10.5. The van der Waals surface area contributed by atoms with Gasteiger partial charge in [-0.1, -0.05) is 54.1 Å². The molecule has 13 heteroatoms. The Morgan fingerprint density at radius 2 is 1.53 bits per heavy atom. The summed E-state index contributed by atoms with van der Waals surface area (Å²) in [6.07, 6.45) is -4.05. The lowest BCUT2D eigenvalue weighted by Crippen LogP contribution is -2.56. The number of halogens is 5. The average molecular weight is 642 g/mol. The highest BCUT2D eigenvalue weighted by atomic mass is 35.5. The molecule has 0 unspecified atom stereocenters. The number of carbonyl (C=O) groups excluding carboxylic acids is 2. The number of carbonyl (C=O) groups is 2. The summed E-state index contributed by atoms with van der Waals surface area (Å²) in [5, 5.41) is 2.52. The minimum Gasteiger partial charge on any atom is -0.350 e. The normalized spacial score (nSPS) is 12.9. The average Bonchev–Trinajstić information content (AvgIpc) is 2.89. The molecular weight excluding hydrogens is 610 g/mol. The second-order valence-corrected chi connectivity index (χ2v) is 13.3. The number of hydrogen-bond acceptors (Lipinski definition) is 4. The number of nitrogens with zero attached hydrogens (tertiary/aromatic N) is 2. The number of rotatable bonds is 10. The van der Waals surface area contributed by atoms with Crippen LogP contribution in [-0.2, 0) is 38.8 Å². The number of hydrogen-bond donors (Lipinski definition) is 1. The fourth-order valence-corrected chi connectivity index (χ4v) is 5.39. The summed E-state index contributed by atoms with van der Waals surface area (Å²) in [4.78, 5) is 28.9. The van der Waals surface area contributed by atoms with E-state index in [4.69, 9.17) is 11.6 Å². The number of anilines is 1. The molecule has 3 aromatic rings. The molecule has 0 aliphatic rings. The van der Waals surface area contributed by atoms with Crippen LogP contribution in [-0.4, -0.2) is 49.5 Å². The van der Waals surface area contributed by atoms with Gasteiger partial charge in [-0.05, 0) is 62.2 Å². The molecule has 1 N–H and O–H groups in total. The molecule has 3 rings (SSSR count). The second kappa shape index (κ2) is 13.3. The minimum atomic E-state index is -4.81. The van der Waals surface area contributed by atoms with Gasteiger partial charge >= 0.3 is 6.18 Å². The molecule has 2 amide bonds. The van der Waals surface area contributed by atoms with Crippen LogP contribution in [0.3, 0.4) is 0 Å². The topological polar surface area (TPSA) is 86.8 Å². The van der Waals surface area contributed by atoms with Gasteiger partial charge in [0.15, 0.2) is 0 Å². The van der Waals surface area contributed by atoms with E-state index in [1.807, 2.05) is 0 Å². The van der Waals surface area contributed by atoms with Crippen molar-refractivity contribution in [3.63, 3.8) is 0 Å². The van der Waals surface area contributed by atoms with Gasteiger partial charge in [-0.3, -0.25) is 13.9 Å². The van der Waals surface area contributed by atoms with E-state index in [2.05, 4.69) is 5.32 Å². The zero-order valence-electron chi connectivity index (χ0n) is 24.0. The van der Waals surface area contributed by atoms with Crippen LogP contribution >= 0.6 is 11.6 Å². The van der Waals surface area contributed by atoms with Crippen LogP contribution in [0.15, 0.2) is 72.8 Å². The zero-order chi connectivity index (χ0) is 32.2. The van der Waals surface area contributed by atoms with Gasteiger partial charge < -0.3 is 10.2 Å². The van der Waals surface area contributed by atoms with E-state index in [0.717, 1.165) is 17.2 Å². The van der Waals surface area contributed by atoms with Gasteiger partial charge in [-0.25, -0.2) is 12.8 Å². The molecule has 0 radical (unpaired) electrons. The number of amides is 2. The maximum Gasteiger partial charge on any atom is 0.416 e. The predicted molar refractivity (Wildman–Crippen MR) is 157 cm³/mol. The molecule has 0 saturated carbocycles. The Labute approximate surface area is 253 Å². The van der Waals surface area contributed by atoms with E-state index in [-0.39, 0.29) is 18.0 Å². The summed E-state index contributed by atoms with van der Waals surface area (Å²) in [5.74, 6) is -1.97. The lowest BCUT2D eigenvalue weighted by molar-refractivity contribution is -0.140. The zero-order valence-corrected chi connectivity index (χ0v) is 25.5. The van der Waals surface area contributed by atoms with Crippen molar-refractivity contribution in [2.24, 2.45) is 0 Å². The molecule has 232 valence electrons. The molecule has 0 aromatic heterocycles. The van der Waals surface area contributed by atoms with Crippen molar-refractivity contribution in [1.82, 2.24) is 10.2 Å². The van der Waals surface area contributed by atoms with Gasteiger partial charge in [0.25, 0.3) is 0 Å². The molecule has 0 spiro atoms. The van der Waals surface area contributed by atoms with Crippen LogP contribution in [0.4, 0.5) is 23.2 Å². The van der Waals surface area contributed by atoms with Crippen molar-refractivity contribution in [3.05, 3.63) is 100 Å². The van der Waals surface area contributed by atoms with E-state index in [9.17, 15) is 35.6 Å². The summed E-state index contributed by atoms with van der Waals surface area (Å²) in [7, 11) is -4.36. The Hall–Kier alpha value is -3.64. The molecule has 3 aromatic carbocycles. The highest BCUT2D eigenvalue weighted by Crippen LogP contribution is 2.36. The van der Waals surface area contributed by atoms with Gasteiger partial charge in [0.2, 0.25) is 21.8 Å². The Balaban J connectivity index is 2.13. The maximum atomic E-state index is 14.0. The van der Waals surface area contributed by atoms with E-state index in [1.54, 1.807) is 51.1 Å². The lowest BCUT2D eigenvalue weighted by Gasteiger charge is -2.35. The van der Waals surface area contributed by atoms with E-state index in [1.165, 1.54) is 24.3 Å². The monoisotopic (exact) mass is 641 g/mol. The minimum absolute atomic E-state index is 0.0267. The van der Waals surface area contributed by atoms with Gasteiger partial charge in [0.05, 0.1) is 22.5 Å². The van der Waals surface area contributed by atoms with Crippen molar-refractivity contribution in [2.75, 3.05) is 17.1 Å². The second-order valence-electron chi connectivity index (χ2n) is 11.0. The molecule has 43 heavy (non-hydrogen) atoms. The van der Waals surface area contributed by atoms with Crippen LogP contribution < -0.4 is 9.62 Å². The highest BCUT2D eigenvalue weighted by Gasteiger charge is 2.36. The summed E-state index contributed by atoms with van der Waals surface area (Å²) in [6.45, 7) is 4.05. The highest BCUT2D eigenvalue weighted by molar-refractivity contribution is 7.92. The van der Waals surface area contributed by atoms with E-state index in [0.29, 0.717) is 27.6 Å². The quantitative estimate of drug-likeness (QED) is 0.283. The first-order chi connectivity index (χ1) is 19.8. The third-order valence-electron chi connectivity index (χ3n) is 6.26.